The van der Waals surface area contributed by atoms with E-state index in [0.717, 1.165) is 37.4 Å². The van der Waals surface area contributed by atoms with E-state index in [2.05, 4.69) is 22.5 Å². The van der Waals surface area contributed by atoms with Crippen LogP contribution in [0, 0.1) is 0 Å². The minimum atomic E-state index is 0.0186. The van der Waals surface area contributed by atoms with Gasteiger partial charge in [0.05, 0.1) is 24.5 Å². The maximum atomic E-state index is 12.0. The number of rotatable bonds is 7. The largest absolute Gasteiger partial charge is 0.376 e. The van der Waals surface area contributed by atoms with E-state index in [1.54, 1.807) is 18.0 Å². The van der Waals surface area contributed by atoms with Crippen molar-refractivity contribution in [1.29, 1.82) is 0 Å². The van der Waals surface area contributed by atoms with Gasteiger partial charge in [0.1, 0.15) is 0 Å². The summed E-state index contributed by atoms with van der Waals surface area (Å²) in [7, 11) is 0. The zero-order valence-corrected chi connectivity index (χ0v) is 13.8. The van der Waals surface area contributed by atoms with Crippen LogP contribution < -0.4 is 5.32 Å². The molecule has 122 valence electrons. The van der Waals surface area contributed by atoms with Gasteiger partial charge in [-0.25, -0.2) is 0 Å². The highest BCUT2D eigenvalue weighted by atomic mass is 32.2. The summed E-state index contributed by atoms with van der Waals surface area (Å²) in [5.41, 5.74) is 0.748. The van der Waals surface area contributed by atoms with Crippen molar-refractivity contribution in [3.8, 4) is 0 Å². The van der Waals surface area contributed by atoms with E-state index in [-0.39, 0.29) is 12.0 Å². The SMILES string of the molecule is O=C(CCSc1ccccc1)Nc1cnn(CC2CCCO2)c1. The van der Waals surface area contributed by atoms with Gasteiger partial charge in [-0.2, -0.15) is 5.10 Å². The van der Waals surface area contributed by atoms with Crippen LogP contribution in [0.3, 0.4) is 0 Å². The molecule has 0 spiro atoms. The molecule has 0 radical (unpaired) electrons. The first kappa shape index (κ1) is 16.1. The molecule has 1 fully saturated rings. The third-order valence-electron chi connectivity index (χ3n) is 3.67. The maximum absolute atomic E-state index is 12.0. The third kappa shape index (κ3) is 5.11. The number of ether oxygens (including phenoxy) is 1. The average Bonchev–Trinajstić information content (AvgIpc) is 3.21. The quantitative estimate of drug-likeness (QED) is 0.792. The molecule has 1 saturated heterocycles. The van der Waals surface area contributed by atoms with Gasteiger partial charge in [0.2, 0.25) is 5.91 Å². The molecule has 5 nitrogen and oxygen atoms in total. The molecule has 0 aliphatic carbocycles. The molecule has 2 heterocycles. The van der Waals surface area contributed by atoms with Crippen LogP contribution in [-0.4, -0.2) is 34.2 Å². The van der Waals surface area contributed by atoms with Gasteiger partial charge in [-0.05, 0) is 25.0 Å². The predicted molar refractivity (Wildman–Crippen MR) is 91.6 cm³/mol. The van der Waals surface area contributed by atoms with Crippen LogP contribution in [0.2, 0.25) is 0 Å². The molecular formula is C17H21N3O2S. The van der Waals surface area contributed by atoms with E-state index in [0.29, 0.717) is 6.42 Å². The highest BCUT2D eigenvalue weighted by molar-refractivity contribution is 7.99. The zero-order valence-electron chi connectivity index (χ0n) is 13.0. The minimum absolute atomic E-state index is 0.0186. The van der Waals surface area contributed by atoms with Gasteiger partial charge in [-0.15, -0.1) is 11.8 Å². The number of hydrogen-bond donors (Lipinski definition) is 1. The molecule has 23 heavy (non-hydrogen) atoms. The second-order valence-electron chi connectivity index (χ2n) is 5.55. The Hall–Kier alpha value is -1.79. The summed E-state index contributed by atoms with van der Waals surface area (Å²) in [5.74, 6) is 0.782. The molecule has 3 rings (SSSR count). The van der Waals surface area contributed by atoms with Crippen molar-refractivity contribution >= 4 is 23.4 Å². The van der Waals surface area contributed by atoms with E-state index in [9.17, 15) is 4.79 Å². The maximum Gasteiger partial charge on any atom is 0.225 e. The van der Waals surface area contributed by atoms with E-state index in [1.807, 2.05) is 29.1 Å². The van der Waals surface area contributed by atoms with Crippen molar-refractivity contribution in [1.82, 2.24) is 9.78 Å². The highest BCUT2D eigenvalue weighted by Gasteiger charge is 2.16. The molecule has 1 atom stereocenters. The van der Waals surface area contributed by atoms with Gasteiger partial charge in [0.15, 0.2) is 0 Å². The van der Waals surface area contributed by atoms with Crippen molar-refractivity contribution in [2.45, 2.75) is 36.8 Å². The van der Waals surface area contributed by atoms with Gasteiger partial charge < -0.3 is 10.1 Å². The Balaban J connectivity index is 1.40. The van der Waals surface area contributed by atoms with Gasteiger partial charge in [0, 0.05) is 29.9 Å². The lowest BCUT2D eigenvalue weighted by molar-refractivity contribution is -0.115. The average molecular weight is 331 g/mol. The van der Waals surface area contributed by atoms with Crippen LogP contribution in [-0.2, 0) is 16.1 Å². The predicted octanol–water partition coefficient (Wildman–Crippen LogP) is 3.18. The molecule has 1 unspecified atom stereocenters. The van der Waals surface area contributed by atoms with Gasteiger partial charge in [-0.1, -0.05) is 18.2 Å². The molecular weight excluding hydrogens is 310 g/mol. The summed E-state index contributed by atoms with van der Waals surface area (Å²) < 4.78 is 7.43. The van der Waals surface area contributed by atoms with Gasteiger partial charge >= 0.3 is 0 Å². The van der Waals surface area contributed by atoms with Crippen LogP contribution in [0.1, 0.15) is 19.3 Å². The number of carbonyl (C=O) groups excluding carboxylic acids is 1. The lowest BCUT2D eigenvalue weighted by Gasteiger charge is -2.08. The normalized spacial score (nSPS) is 17.3. The van der Waals surface area contributed by atoms with E-state index < -0.39 is 0 Å². The highest BCUT2D eigenvalue weighted by Crippen LogP contribution is 2.18. The second-order valence-corrected chi connectivity index (χ2v) is 6.71. The monoisotopic (exact) mass is 331 g/mol. The van der Waals surface area contributed by atoms with Crippen molar-refractivity contribution in [2.24, 2.45) is 0 Å². The summed E-state index contributed by atoms with van der Waals surface area (Å²) in [6.07, 6.45) is 6.49. The summed E-state index contributed by atoms with van der Waals surface area (Å²) in [6.45, 7) is 1.59. The Kier molecular flexibility index (Phi) is 5.71. The number of nitrogens with one attached hydrogen (secondary N) is 1. The minimum Gasteiger partial charge on any atom is -0.376 e. The van der Waals surface area contributed by atoms with Crippen LogP contribution in [0.5, 0.6) is 0 Å². The molecule has 1 aliphatic rings. The van der Waals surface area contributed by atoms with Crippen molar-refractivity contribution in [2.75, 3.05) is 17.7 Å². The fraction of sp³-hybridized carbons (Fsp3) is 0.412. The van der Waals surface area contributed by atoms with Crippen LogP contribution in [0.25, 0.3) is 0 Å². The number of hydrogen-bond acceptors (Lipinski definition) is 4. The first-order valence-electron chi connectivity index (χ1n) is 7.91. The number of carbonyl (C=O) groups is 1. The molecule has 1 aromatic heterocycles. The Morgan fingerprint density at radius 3 is 3.04 bits per heavy atom. The van der Waals surface area contributed by atoms with Crippen molar-refractivity contribution in [3.05, 3.63) is 42.7 Å². The first-order valence-corrected chi connectivity index (χ1v) is 8.90. The molecule has 6 heteroatoms. The van der Waals surface area contributed by atoms with Crippen LogP contribution in [0.4, 0.5) is 5.69 Å². The molecule has 1 aromatic carbocycles. The topological polar surface area (TPSA) is 56.2 Å². The second kappa shape index (κ2) is 8.17. The number of nitrogens with zero attached hydrogens (tertiary/aromatic N) is 2. The lowest BCUT2D eigenvalue weighted by Crippen LogP contribution is -2.15. The molecule has 0 bridgehead atoms. The number of thioether (sulfide) groups is 1. The van der Waals surface area contributed by atoms with Gasteiger partial charge in [0.25, 0.3) is 0 Å². The van der Waals surface area contributed by atoms with E-state index in [4.69, 9.17) is 4.74 Å². The Bertz CT molecular complexity index is 624. The number of amides is 1. The standard InChI is InChI=1S/C17H21N3O2S/c21-17(8-10-23-16-6-2-1-3-7-16)19-14-11-18-20(12-14)13-15-5-4-9-22-15/h1-3,6-7,11-12,15H,4-5,8-10,13H2,(H,19,21). The molecule has 2 aromatic rings. The third-order valence-corrected chi connectivity index (χ3v) is 4.69. The summed E-state index contributed by atoms with van der Waals surface area (Å²) in [4.78, 5) is 13.2. The number of aromatic nitrogens is 2. The smallest absolute Gasteiger partial charge is 0.225 e. The Morgan fingerprint density at radius 1 is 1.39 bits per heavy atom. The lowest BCUT2D eigenvalue weighted by atomic mass is 10.2. The van der Waals surface area contributed by atoms with E-state index in [1.165, 1.54) is 4.90 Å². The van der Waals surface area contributed by atoms with Crippen molar-refractivity contribution < 1.29 is 9.53 Å². The van der Waals surface area contributed by atoms with Gasteiger partial charge in [-0.3, -0.25) is 9.48 Å². The van der Waals surface area contributed by atoms with Crippen LogP contribution >= 0.6 is 11.8 Å². The van der Waals surface area contributed by atoms with Crippen LogP contribution in [0.15, 0.2) is 47.6 Å². The number of anilines is 1. The summed E-state index contributed by atoms with van der Waals surface area (Å²) in [6, 6.07) is 10.1. The molecule has 1 amide bonds. The molecule has 1 N–H and O–H groups in total. The summed E-state index contributed by atoms with van der Waals surface area (Å²) in [5, 5.41) is 7.17. The zero-order chi connectivity index (χ0) is 15.9. The Labute approximate surface area is 140 Å². The van der Waals surface area contributed by atoms with Crippen molar-refractivity contribution in [3.63, 3.8) is 0 Å². The molecule has 0 saturated carbocycles. The Morgan fingerprint density at radius 2 is 2.26 bits per heavy atom. The van der Waals surface area contributed by atoms with E-state index >= 15 is 0 Å². The summed E-state index contributed by atoms with van der Waals surface area (Å²) >= 11 is 1.69. The number of benzene rings is 1. The first-order chi connectivity index (χ1) is 11.3. The molecule has 1 aliphatic heterocycles. The fourth-order valence-corrected chi connectivity index (χ4v) is 3.40. The fourth-order valence-electron chi connectivity index (χ4n) is 2.53.